The van der Waals surface area contributed by atoms with Gasteiger partial charge >= 0.3 is 0 Å². The summed E-state index contributed by atoms with van der Waals surface area (Å²) < 4.78 is 0. The zero-order valence-corrected chi connectivity index (χ0v) is 8.47. The molecule has 0 bridgehead atoms. The van der Waals surface area contributed by atoms with E-state index in [1.807, 2.05) is 0 Å². The number of allylic oxidation sites excluding steroid dienone is 2. The Morgan fingerprint density at radius 3 is 3.09 bits per heavy atom. The van der Waals surface area contributed by atoms with Crippen LogP contribution in [0, 0.1) is 0 Å². The fraction of sp³-hybridized carbons (Fsp3) is 0.556. The minimum absolute atomic E-state index is 1.10. The van der Waals surface area contributed by atoms with E-state index >= 15 is 0 Å². The van der Waals surface area contributed by atoms with Crippen molar-refractivity contribution < 1.29 is 0 Å². The van der Waals surface area contributed by atoms with Crippen molar-refractivity contribution in [2.24, 2.45) is 0 Å². The molecule has 0 fully saturated rings. The Morgan fingerprint density at radius 1 is 1.64 bits per heavy atom. The highest BCUT2D eigenvalue weighted by molar-refractivity contribution is 9.09. The Hall–Kier alpha value is -0.240. The quantitative estimate of drug-likeness (QED) is 0.655. The molecule has 0 aromatic heterocycles. The molecule has 0 N–H and O–H groups in total. The summed E-state index contributed by atoms with van der Waals surface area (Å²) in [5.74, 6) is 0. The molecule has 0 unspecified atom stereocenters. The van der Waals surface area contributed by atoms with E-state index < -0.39 is 0 Å². The number of hydrogen-bond acceptors (Lipinski definition) is 1. The SMILES string of the molecule is CC1=CC=CN(CCCBr)C1. The largest absolute Gasteiger partial charge is 0.373 e. The number of nitrogens with zero attached hydrogens (tertiary/aromatic N) is 1. The van der Waals surface area contributed by atoms with Crippen LogP contribution in [0.4, 0.5) is 0 Å². The van der Waals surface area contributed by atoms with Gasteiger partial charge in [0.25, 0.3) is 0 Å². The topological polar surface area (TPSA) is 3.24 Å². The summed E-state index contributed by atoms with van der Waals surface area (Å²) in [7, 11) is 0. The van der Waals surface area contributed by atoms with Crippen molar-refractivity contribution in [1.29, 1.82) is 0 Å². The van der Waals surface area contributed by atoms with Crippen LogP contribution in [-0.2, 0) is 0 Å². The van der Waals surface area contributed by atoms with Crippen molar-refractivity contribution in [3.8, 4) is 0 Å². The maximum absolute atomic E-state index is 3.43. The Kier molecular flexibility index (Phi) is 3.70. The van der Waals surface area contributed by atoms with Crippen LogP contribution in [-0.4, -0.2) is 23.3 Å². The lowest BCUT2D eigenvalue weighted by atomic mass is 10.2. The zero-order valence-electron chi connectivity index (χ0n) is 6.89. The van der Waals surface area contributed by atoms with Gasteiger partial charge in [-0.25, -0.2) is 0 Å². The highest BCUT2D eigenvalue weighted by Gasteiger charge is 2.01. The van der Waals surface area contributed by atoms with Gasteiger partial charge < -0.3 is 4.90 Å². The lowest BCUT2D eigenvalue weighted by molar-refractivity contribution is 0.403. The van der Waals surface area contributed by atoms with E-state index in [9.17, 15) is 0 Å². The van der Waals surface area contributed by atoms with E-state index in [-0.39, 0.29) is 0 Å². The van der Waals surface area contributed by atoms with Crippen molar-refractivity contribution in [2.45, 2.75) is 13.3 Å². The minimum atomic E-state index is 1.10. The molecular formula is C9H14BrN. The van der Waals surface area contributed by atoms with Gasteiger partial charge in [-0.2, -0.15) is 0 Å². The summed E-state index contributed by atoms with van der Waals surface area (Å²) in [6, 6.07) is 0. The number of alkyl halides is 1. The molecule has 1 rings (SSSR count). The molecule has 0 aliphatic carbocycles. The van der Waals surface area contributed by atoms with Gasteiger partial charge in [0.2, 0.25) is 0 Å². The Labute approximate surface area is 76.9 Å². The van der Waals surface area contributed by atoms with Crippen LogP contribution in [0.3, 0.4) is 0 Å². The first-order chi connectivity index (χ1) is 5.33. The normalized spacial score (nSPS) is 16.9. The van der Waals surface area contributed by atoms with Gasteiger partial charge in [-0.15, -0.1) is 0 Å². The summed E-state index contributed by atoms with van der Waals surface area (Å²) in [4.78, 5) is 2.34. The summed E-state index contributed by atoms with van der Waals surface area (Å²) in [5, 5.41) is 1.10. The van der Waals surface area contributed by atoms with E-state index in [4.69, 9.17) is 0 Å². The van der Waals surface area contributed by atoms with Gasteiger partial charge in [-0.1, -0.05) is 27.6 Å². The first kappa shape index (κ1) is 8.85. The molecule has 0 amide bonds. The van der Waals surface area contributed by atoms with Gasteiger partial charge in [0.1, 0.15) is 0 Å². The Morgan fingerprint density at radius 2 is 2.45 bits per heavy atom. The summed E-state index contributed by atoms with van der Waals surface area (Å²) in [6.07, 6.45) is 7.67. The summed E-state index contributed by atoms with van der Waals surface area (Å²) >= 11 is 3.43. The van der Waals surface area contributed by atoms with Crippen LogP contribution in [0.25, 0.3) is 0 Å². The summed E-state index contributed by atoms with van der Waals surface area (Å²) in [5.41, 5.74) is 1.45. The molecule has 2 heteroatoms. The fourth-order valence-electron chi connectivity index (χ4n) is 1.17. The van der Waals surface area contributed by atoms with Gasteiger partial charge in [-0.05, 0) is 25.6 Å². The van der Waals surface area contributed by atoms with E-state index in [0.717, 1.165) is 18.4 Å². The molecule has 0 saturated carbocycles. The van der Waals surface area contributed by atoms with Gasteiger partial charge in [-0.3, -0.25) is 0 Å². The Balaban J connectivity index is 2.28. The maximum atomic E-state index is 3.43. The second-order valence-electron chi connectivity index (χ2n) is 2.87. The molecule has 1 aliphatic heterocycles. The Bertz CT molecular complexity index is 172. The highest BCUT2D eigenvalue weighted by Crippen LogP contribution is 2.06. The molecule has 0 atom stereocenters. The molecule has 1 nitrogen and oxygen atoms in total. The molecule has 1 aliphatic rings. The van der Waals surface area contributed by atoms with Crippen LogP contribution in [0.1, 0.15) is 13.3 Å². The molecule has 0 saturated heterocycles. The van der Waals surface area contributed by atoms with Gasteiger partial charge in [0.05, 0.1) is 0 Å². The monoisotopic (exact) mass is 215 g/mol. The molecule has 62 valence electrons. The van der Waals surface area contributed by atoms with Crippen molar-refractivity contribution in [3.63, 3.8) is 0 Å². The molecule has 0 spiro atoms. The summed E-state index contributed by atoms with van der Waals surface area (Å²) in [6.45, 7) is 4.43. The first-order valence-electron chi connectivity index (χ1n) is 3.97. The third-order valence-electron chi connectivity index (χ3n) is 1.71. The third kappa shape index (κ3) is 3.10. The molecule has 0 aromatic rings. The average Bonchev–Trinajstić information content (AvgIpc) is 2.01. The zero-order chi connectivity index (χ0) is 8.10. The number of halogens is 1. The molecule has 0 radical (unpaired) electrons. The fourth-order valence-corrected chi connectivity index (χ4v) is 1.42. The van der Waals surface area contributed by atoms with Crippen molar-refractivity contribution in [2.75, 3.05) is 18.4 Å². The standard InChI is InChI=1S/C9H14BrN/c1-9-4-2-6-11(8-9)7-3-5-10/h2,4,6H,3,5,7-8H2,1H3. The van der Waals surface area contributed by atoms with Crippen molar-refractivity contribution in [1.82, 2.24) is 4.90 Å². The van der Waals surface area contributed by atoms with Gasteiger partial charge in [0, 0.05) is 18.4 Å². The van der Waals surface area contributed by atoms with E-state index in [2.05, 4.69) is 46.1 Å². The van der Waals surface area contributed by atoms with Crippen molar-refractivity contribution >= 4 is 15.9 Å². The van der Waals surface area contributed by atoms with E-state index in [1.165, 1.54) is 12.0 Å². The third-order valence-corrected chi connectivity index (χ3v) is 2.27. The smallest absolute Gasteiger partial charge is 0.0383 e. The molecule has 0 aromatic carbocycles. The average molecular weight is 216 g/mol. The number of rotatable bonds is 3. The second kappa shape index (κ2) is 4.60. The lowest BCUT2D eigenvalue weighted by Crippen LogP contribution is -2.22. The maximum Gasteiger partial charge on any atom is 0.0383 e. The van der Waals surface area contributed by atoms with Gasteiger partial charge in [0.15, 0.2) is 0 Å². The van der Waals surface area contributed by atoms with Crippen LogP contribution in [0.5, 0.6) is 0 Å². The highest BCUT2D eigenvalue weighted by atomic mass is 79.9. The second-order valence-corrected chi connectivity index (χ2v) is 3.66. The van der Waals surface area contributed by atoms with E-state index in [0.29, 0.717) is 0 Å². The minimum Gasteiger partial charge on any atom is -0.373 e. The predicted molar refractivity (Wildman–Crippen MR) is 52.9 cm³/mol. The van der Waals surface area contributed by atoms with Crippen LogP contribution >= 0.6 is 15.9 Å². The van der Waals surface area contributed by atoms with Crippen molar-refractivity contribution in [3.05, 3.63) is 23.9 Å². The van der Waals surface area contributed by atoms with E-state index in [1.54, 1.807) is 0 Å². The molecule has 1 heterocycles. The lowest BCUT2D eigenvalue weighted by Gasteiger charge is -2.22. The molecular weight excluding hydrogens is 202 g/mol. The van der Waals surface area contributed by atoms with Crippen LogP contribution in [0.2, 0.25) is 0 Å². The number of hydrogen-bond donors (Lipinski definition) is 0. The first-order valence-corrected chi connectivity index (χ1v) is 5.09. The molecule has 11 heavy (non-hydrogen) atoms. The predicted octanol–water partition coefficient (Wildman–Crippen LogP) is 2.55. The van der Waals surface area contributed by atoms with Crippen LogP contribution < -0.4 is 0 Å². The van der Waals surface area contributed by atoms with Crippen LogP contribution in [0.15, 0.2) is 23.9 Å².